The molecule has 1 heteroatoms. The van der Waals surface area contributed by atoms with Crippen molar-refractivity contribution >= 4 is 0 Å². The van der Waals surface area contributed by atoms with Crippen molar-refractivity contribution in [3.8, 4) is 28.0 Å². The second kappa shape index (κ2) is 6.52. The maximum atomic E-state index is 6.43. The average Bonchev–Trinajstić information content (AvgIpc) is 2.56. The molecule has 0 aliphatic rings. The van der Waals surface area contributed by atoms with Crippen LogP contribution in [0.3, 0.4) is 0 Å². The summed E-state index contributed by atoms with van der Waals surface area (Å²) in [6.07, 6.45) is 0. The van der Waals surface area contributed by atoms with Crippen LogP contribution >= 0.6 is 0 Å². The highest BCUT2D eigenvalue weighted by atomic mass is 16.5. The van der Waals surface area contributed by atoms with Gasteiger partial charge in [-0.15, -0.1) is 0 Å². The molecule has 3 aromatic rings. The van der Waals surface area contributed by atoms with E-state index >= 15 is 0 Å². The van der Waals surface area contributed by atoms with Crippen molar-refractivity contribution in [2.45, 2.75) is 33.3 Å². The summed E-state index contributed by atoms with van der Waals surface area (Å²) in [5, 5.41) is 0. The Kier molecular flexibility index (Phi) is 4.44. The van der Waals surface area contributed by atoms with Gasteiger partial charge in [-0.25, -0.2) is 0 Å². The molecule has 122 valence electrons. The van der Waals surface area contributed by atoms with Gasteiger partial charge >= 0.3 is 0 Å². The molecule has 0 bridgehead atoms. The molecule has 24 heavy (non-hydrogen) atoms. The fourth-order valence-corrected chi connectivity index (χ4v) is 2.85. The Balaban J connectivity index is 2.27. The van der Waals surface area contributed by atoms with E-state index in [1.807, 2.05) is 12.1 Å². The lowest BCUT2D eigenvalue weighted by atomic mass is 9.94. The molecule has 0 spiro atoms. The molecule has 0 heterocycles. The van der Waals surface area contributed by atoms with Crippen LogP contribution in [0.4, 0.5) is 0 Å². The third kappa shape index (κ3) is 3.68. The zero-order valence-corrected chi connectivity index (χ0v) is 14.8. The summed E-state index contributed by atoms with van der Waals surface area (Å²) in [5.74, 6) is 0.950. The van der Waals surface area contributed by atoms with E-state index in [9.17, 15) is 0 Å². The standard InChI is InChI=1S/C23H24O/c1-17-15-20(18-11-7-5-8-12-18)22(24-23(2,3)4)21(16-17)19-13-9-6-10-14-19/h5-16H,1-4H3. The van der Waals surface area contributed by atoms with Crippen LogP contribution in [-0.4, -0.2) is 5.60 Å². The van der Waals surface area contributed by atoms with Gasteiger partial charge in [-0.05, 0) is 56.5 Å². The van der Waals surface area contributed by atoms with E-state index < -0.39 is 0 Å². The molecule has 0 aliphatic heterocycles. The lowest BCUT2D eigenvalue weighted by Gasteiger charge is -2.26. The molecule has 0 amide bonds. The van der Waals surface area contributed by atoms with E-state index in [-0.39, 0.29) is 5.60 Å². The topological polar surface area (TPSA) is 9.23 Å². The summed E-state index contributed by atoms with van der Waals surface area (Å²) in [4.78, 5) is 0. The molecule has 0 saturated heterocycles. The Labute approximate surface area is 144 Å². The van der Waals surface area contributed by atoms with E-state index in [1.54, 1.807) is 0 Å². The quantitative estimate of drug-likeness (QED) is 0.535. The van der Waals surface area contributed by atoms with Crippen LogP contribution in [0, 0.1) is 6.92 Å². The Morgan fingerprint density at radius 1 is 0.667 bits per heavy atom. The van der Waals surface area contributed by atoms with Gasteiger partial charge in [-0.3, -0.25) is 0 Å². The van der Waals surface area contributed by atoms with Crippen molar-refractivity contribution in [1.82, 2.24) is 0 Å². The summed E-state index contributed by atoms with van der Waals surface area (Å²) in [5.41, 5.74) is 5.61. The fraction of sp³-hybridized carbons (Fsp3) is 0.217. The number of aryl methyl sites for hydroxylation is 1. The van der Waals surface area contributed by atoms with E-state index in [4.69, 9.17) is 4.74 Å². The van der Waals surface area contributed by atoms with Crippen molar-refractivity contribution in [2.24, 2.45) is 0 Å². The monoisotopic (exact) mass is 316 g/mol. The minimum atomic E-state index is -0.262. The molecule has 0 radical (unpaired) electrons. The normalized spacial score (nSPS) is 11.3. The number of rotatable bonds is 3. The van der Waals surface area contributed by atoms with Gasteiger partial charge < -0.3 is 4.74 Å². The summed E-state index contributed by atoms with van der Waals surface area (Å²) < 4.78 is 6.43. The second-order valence-corrected chi connectivity index (χ2v) is 7.14. The zero-order chi connectivity index (χ0) is 17.2. The molecule has 0 unspecified atom stereocenters. The van der Waals surface area contributed by atoms with Gasteiger partial charge in [0.05, 0.1) is 0 Å². The van der Waals surface area contributed by atoms with E-state index in [0.717, 1.165) is 16.9 Å². The predicted octanol–water partition coefficient (Wildman–Crippen LogP) is 6.51. The maximum Gasteiger partial charge on any atom is 0.135 e. The van der Waals surface area contributed by atoms with E-state index in [0.29, 0.717) is 0 Å². The molecular formula is C23H24O. The molecule has 0 aromatic heterocycles. The van der Waals surface area contributed by atoms with Crippen LogP contribution in [0.15, 0.2) is 72.8 Å². The molecule has 3 rings (SSSR count). The Hall–Kier alpha value is -2.54. The van der Waals surface area contributed by atoms with Crippen LogP contribution in [-0.2, 0) is 0 Å². The third-order valence-electron chi connectivity index (χ3n) is 3.81. The first-order chi connectivity index (χ1) is 11.4. The molecule has 1 nitrogen and oxygen atoms in total. The highest BCUT2D eigenvalue weighted by Crippen LogP contribution is 2.41. The average molecular weight is 316 g/mol. The van der Waals surface area contributed by atoms with E-state index in [1.165, 1.54) is 16.7 Å². The predicted molar refractivity (Wildman–Crippen MR) is 102 cm³/mol. The van der Waals surface area contributed by atoms with Gasteiger partial charge in [-0.1, -0.05) is 60.7 Å². The highest BCUT2D eigenvalue weighted by Gasteiger charge is 2.20. The van der Waals surface area contributed by atoms with Gasteiger partial charge in [-0.2, -0.15) is 0 Å². The smallest absolute Gasteiger partial charge is 0.135 e. The maximum absolute atomic E-state index is 6.43. The van der Waals surface area contributed by atoms with Gasteiger partial charge in [0.1, 0.15) is 11.4 Å². The largest absolute Gasteiger partial charge is 0.487 e. The lowest BCUT2D eigenvalue weighted by molar-refractivity contribution is 0.132. The van der Waals surface area contributed by atoms with Gasteiger partial charge in [0, 0.05) is 11.1 Å². The van der Waals surface area contributed by atoms with Crippen molar-refractivity contribution in [1.29, 1.82) is 0 Å². The van der Waals surface area contributed by atoms with Gasteiger partial charge in [0.15, 0.2) is 0 Å². The molecular weight excluding hydrogens is 292 g/mol. The number of hydrogen-bond acceptors (Lipinski definition) is 1. The van der Waals surface area contributed by atoms with Crippen LogP contribution in [0.1, 0.15) is 26.3 Å². The summed E-state index contributed by atoms with van der Waals surface area (Å²) >= 11 is 0. The van der Waals surface area contributed by atoms with Crippen molar-refractivity contribution < 1.29 is 4.74 Å². The third-order valence-corrected chi connectivity index (χ3v) is 3.81. The lowest BCUT2D eigenvalue weighted by Crippen LogP contribution is -2.23. The fourth-order valence-electron chi connectivity index (χ4n) is 2.85. The van der Waals surface area contributed by atoms with E-state index in [2.05, 4.69) is 88.4 Å². The first-order valence-corrected chi connectivity index (χ1v) is 8.38. The summed E-state index contributed by atoms with van der Waals surface area (Å²) in [7, 11) is 0. The van der Waals surface area contributed by atoms with Crippen molar-refractivity contribution in [2.75, 3.05) is 0 Å². The molecule has 0 aliphatic carbocycles. The number of ether oxygens (including phenoxy) is 1. The summed E-state index contributed by atoms with van der Waals surface area (Å²) in [6.45, 7) is 8.42. The first kappa shape index (κ1) is 16.3. The molecule has 0 atom stereocenters. The van der Waals surface area contributed by atoms with Gasteiger partial charge in [0.2, 0.25) is 0 Å². The van der Waals surface area contributed by atoms with Crippen LogP contribution < -0.4 is 4.74 Å². The molecule has 0 fully saturated rings. The van der Waals surface area contributed by atoms with Gasteiger partial charge in [0.25, 0.3) is 0 Å². The SMILES string of the molecule is Cc1cc(-c2ccccc2)c(OC(C)(C)C)c(-c2ccccc2)c1. The van der Waals surface area contributed by atoms with Crippen LogP contribution in [0.5, 0.6) is 5.75 Å². The highest BCUT2D eigenvalue weighted by molar-refractivity contribution is 5.83. The Morgan fingerprint density at radius 2 is 1.08 bits per heavy atom. The Morgan fingerprint density at radius 3 is 1.46 bits per heavy atom. The minimum Gasteiger partial charge on any atom is -0.487 e. The zero-order valence-electron chi connectivity index (χ0n) is 14.8. The Bertz CT molecular complexity index is 751. The number of hydrogen-bond donors (Lipinski definition) is 0. The van der Waals surface area contributed by atoms with Crippen molar-refractivity contribution in [3.05, 3.63) is 78.4 Å². The second-order valence-electron chi connectivity index (χ2n) is 7.14. The van der Waals surface area contributed by atoms with Crippen LogP contribution in [0.25, 0.3) is 22.3 Å². The van der Waals surface area contributed by atoms with Crippen molar-refractivity contribution in [3.63, 3.8) is 0 Å². The number of benzene rings is 3. The molecule has 0 N–H and O–H groups in total. The molecule has 3 aromatic carbocycles. The van der Waals surface area contributed by atoms with Crippen LogP contribution in [0.2, 0.25) is 0 Å². The summed E-state index contributed by atoms with van der Waals surface area (Å²) in [6, 6.07) is 25.3. The molecule has 0 saturated carbocycles. The first-order valence-electron chi connectivity index (χ1n) is 8.38. The minimum absolute atomic E-state index is 0.262.